The third-order valence-electron chi connectivity index (χ3n) is 3.59. The Labute approximate surface area is 206 Å². The highest BCUT2D eigenvalue weighted by Crippen LogP contribution is 2.15. The Kier molecular flexibility index (Phi) is 17.5. The van der Waals surface area contributed by atoms with Crippen molar-refractivity contribution in [3.8, 4) is 11.3 Å². The minimum Gasteiger partial charge on any atom is -0.243 e. The van der Waals surface area contributed by atoms with Crippen LogP contribution in [-0.2, 0) is 10.0 Å². The van der Waals surface area contributed by atoms with Gasteiger partial charge in [-0.3, -0.25) is 0 Å². The molecule has 0 radical (unpaired) electrons. The van der Waals surface area contributed by atoms with Crippen molar-refractivity contribution < 1.29 is 8.42 Å². The molecule has 2 aromatic heterocycles. The highest BCUT2D eigenvalue weighted by atomic mass is 32.2. The zero-order valence-electron chi connectivity index (χ0n) is 21.1. The van der Waals surface area contributed by atoms with Gasteiger partial charge in [-0.15, -0.1) is 39.5 Å². The van der Waals surface area contributed by atoms with Gasteiger partial charge in [0.05, 0.1) is 12.2 Å². The molecule has 1 aromatic carbocycles. The van der Waals surface area contributed by atoms with Crippen molar-refractivity contribution in [2.24, 2.45) is 0 Å². The summed E-state index contributed by atoms with van der Waals surface area (Å²) in [5, 5.41) is 8.65. The summed E-state index contributed by atoms with van der Waals surface area (Å²) in [6.45, 7) is 27.5. The van der Waals surface area contributed by atoms with Crippen molar-refractivity contribution in [3.63, 3.8) is 0 Å². The van der Waals surface area contributed by atoms with Crippen molar-refractivity contribution in [1.29, 1.82) is 0 Å². The summed E-state index contributed by atoms with van der Waals surface area (Å²) in [6.07, 6.45) is 3.34. The molecule has 0 saturated carbocycles. The molecule has 0 unspecified atom stereocenters. The van der Waals surface area contributed by atoms with Crippen LogP contribution in [0.5, 0.6) is 0 Å². The van der Waals surface area contributed by atoms with Crippen LogP contribution >= 0.6 is 0 Å². The number of hydrogen-bond donors (Lipinski definition) is 1. The summed E-state index contributed by atoms with van der Waals surface area (Å²) >= 11 is 0. The number of pyridine rings is 1. The monoisotopic (exact) mass is 485 g/mol. The number of hydrogen-bond acceptors (Lipinski definition) is 5. The first-order valence-corrected chi connectivity index (χ1v) is 12.1. The second kappa shape index (κ2) is 18.1. The fraction of sp³-hybridized carbons (Fsp3) is 0.269. The van der Waals surface area contributed by atoms with Gasteiger partial charge in [-0.25, -0.2) is 18.1 Å². The van der Waals surface area contributed by atoms with Gasteiger partial charge in [-0.1, -0.05) is 36.4 Å². The Morgan fingerprint density at radius 2 is 1.41 bits per heavy atom. The van der Waals surface area contributed by atoms with Crippen LogP contribution in [0.15, 0.2) is 99.4 Å². The van der Waals surface area contributed by atoms with Gasteiger partial charge in [0.2, 0.25) is 0 Å². The molecule has 0 aliphatic carbocycles. The molecule has 1 N–H and O–H groups in total. The first-order valence-electron chi connectivity index (χ1n) is 10.6. The van der Waals surface area contributed by atoms with Crippen LogP contribution in [0.25, 0.3) is 11.3 Å². The Morgan fingerprint density at radius 3 is 1.82 bits per heavy atom. The lowest BCUT2D eigenvalue weighted by atomic mass is 10.2. The third kappa shape index (κ3) is 12.0. The molecule has 8 heteroatoms. The molecule has 186 valence electrons. The number of nitrogens with zero attached hydrogens (tertiary/aromatic N) is 4. The minimum absolute atomic E-state index is 0.0665. The Balaban J connectivity index is 0. The molecule has 0 amide bonds. The lowest BCUT2D eigenvalue weighted by Gasteiger charge is -2.08. The lowest BCUT2D eigenvalue weighted by molar-refractivity contribution is 0.467. The normalized spacial score (nSPS) is 9.74. The van der Waals surface area contributed by atoms with Crippen LogP contribution in [0, 0.1) is 6.92 Å². The van der Waals surface area contributed by atoms with E-state index in [0.29, 0.717) is 6.04 Å². The molecule has 0 fully saturated rings. The number of aryl methyl sites for hydroxylation is 1. The zero-order valence-corrected chi connectivity index (χ0v) is 21.9. The summed E-state index contributed by atoms with van der Waals surface area (Å²) in [7, 11) is -3.44. The van der Waals surface area contributed by atoms with Gasteiger partial charge in [0.25, 0.3) is 10.0 Å². The molecule has 0 spiro atoms. The smallest absolute Gasteiger partial charge is 0.243 e. The van der Waals surface area contributed by atoms with Crippen LogP contribution in [0.3, 0.4) is 0 Å². The van der Waals surface area contributed by atoms with E-state index < -0.39 is 10.0 Å². The van der Waals surface area contributed by atoms with Gasteiger partial charge >= 0.3 is 0 Å². The van der Waals surface area contributed by atoms with Crippen molar-refractivity contribution >= 4 is 10.0 Å². The topological polar surface area (TPSA) is 89.8 Å². The Bertz CT molecular complexity index is 1010. The van der Waals surface area contributed by atoms with Crippen LogP contribution in [0.2, 0.25) is 0 Å². The fourth-order valence-corrected chi connectivity index (χ4v) is 3.43. The maximum atomic E-state index is 11.6. The van der Waals surface area contributed by atoms with E-state index in [2.05, 4.69) is 73.2 Å². The van der Waals surface area contributed by atoms with Crippen LogP contribution < -0.4 is 4.72 Å². The number of sulfonamides is 1. The quantitative estimate of drug-likeness (QED) is 0.447. The van der Waals surface area contributed by atoms with E-state index in [-0.39, 0.29) is 11.1 Å². The lowest BCUT2D eigenvalue weighted by Crippen LogP contribution is -2.30. The molecule has 3 aromatic rings. The molecular formula is C26H39N5O2S. The summed E-state index contributed by atoms with van der Waals surface area (Å²) in [5.74, 6) is 0. The average Bonchev–Trinajstić information content (AvgIpc) is 3.34. The predicted octanol–water partition coefficient (Wildman–Crippen LogP) is 6.01. The number of aromatic nitrogens is 4. The molecular weight excluding hydrogens is 446 g/mol. The van der Waals surface area contributed by atoms with Gasteiger partial charge in [-0.2, -0.15) is 15.0 Å². The summed E-state index contributed by atoms with van der Waals surface area (Å²) < 4.78 is 25.6. The van der Waals surface area contributed by atoms with E-state index in [9.17, 15) is 8.42 Å². The predicted molar refractivity (Wildman–Crippen MR) is 144 cm³/mol. The average molecular weight is 486 g/mol. The first kappa shape index (κ1) is 32.8. The van der Waals surface area contributed by atoms with Crippen molar-refractivity contribution in [2.45, 2.75) is 51.7 Å². The molecule has 0 saturated heterocycles. The van der Waals surface area contributed by atoms with Gasteiger partial charge < -0.3 is 0 Å². The Hall–Kier alpha value is -3.36. The largest absolute Gasteiger partial charge is 0.258 e. The van der Waals surface area contributed by atoms with E-state index in [1.54, 1.807) is 30.9 Å². The SMILES string of the molecule is C=C.C=C.C=C.CC(C)n1ncc(-c2ccccc2)n1.Cc1ccc(S(=O)(=O)NC(C)C)nc1. The number of rotatable bonds is 5. The van der Waals surface area contributed by atoms with E-state index in [1.165, 1.54) is 12.3 Å². The van der Waals surface area contributed by atoms with Crippen molar-refractivity contribution in [2.75, 3.05) is 0 Å². The van der Waals surface area contributed by atoms with Crippen LogP contribution in [-0.4, -0.2) is 34.4 Å². The molecule has 2 heterocycles. The molecule has 0 atom stereocenters. The summed E-state index contributed by atoms with van der Waals surface area (Å²) in [4.78, 5) is 5.58. The highest BCUT2D eigenvalue weighted by molar-refractivity contribution is 7.89. The summed E-state index contributed by atoms with van der Waals surface area (Å²) in [6, 6.07) is 13.5. The van der Waals surface area contributed by atoms with Crippen LogP contribution in [0.1, 0.15) is 39.3 Å². The highest BCUT2D eigenvalue weighted by Gasteiger charge is 2.15. The maximum absolute atomic E-state index is 11.6. The second-order valence-corrected chi connectivity index (χ2v) is 8.62. The summed E-state index contributed by atoms with van der Waals surface area (Å²) in [5.41, 5.74) is 2.98. The molecule has 0 bridgehead atoms. The number of nitrogens with one attached hydrogen (secondary N) is 1. The third-order valence-corrected chi connectivity index (χ3v) is 5.16. The van der Waals surface area contributed by atoms with Gasteiger partial charge in [-0.05, 0) is 46.2 Å². The molecule has 34 heavy (non-hydrogen) atoms. The molecule has 3 rings (SSSR count). The molecule has 0 aliphatic heterocycles. The molecule has 7 nitrogen and oxygen atoms in total. The first-order chi connectivity index (χ1) is 16.2. The standard InChI is InChI=1S/C11H13N3.C9H14N2O2S.3C2H4/c1-9(2)14-12-8-11(13-14)10-6-4-3-5-7-10;1-7(2)11-14(12,13)9-5-4-8(3)6-10-9;3*1-2/h3-9H,1-2H3;4-7,11H,1-3H3;3*1-2H2. The zero-order chi connectivity index (χ0) is 26.7. The van der Waals surface area contributed by atoms with Gasteiger partial charge in [0.1, 0.15) is 5.69 Å². The van der Waals surface area contributed by atoms with E-state index in [1.807, 2.05) is 37.3 Å². The van der Waals surface area contributed by atoms with Crippen molar-refractivity contribution in [1.82, 2.24) is 24.7 Å². The van der Waals surface area contributed by atoms with Gasteiger partial charge in [0.15, 0.2) is 5.03 Å². The van der Waals surface area contributed by atoms with E-state index in [4.69, 9.17) is 0 Å². The van der Waals surface area contributed by atoms with E-state index in [0.717, 1.165) is 16.8 Å². The fourth-order valence-electron chi connectivity index (χ4n) is 2.25. The van der Waals surface area contributed by atoms with E-state index >= 15 is 0 Å². The number of benzene rings is 1. The van der Waals surface area contributed by atoms with Crippen LogP contribution in [0.4, 0.5) is 0 Å². The van der Waals surface area contributed by atoms with Gasteiger partial charge in [0, 0.05) is 17.8 Å². The minimum atomic E-state index is -3.44. The van der Waals surface area contributed by atoms with Crippen molar-refractivity contribution in [3.05, 3.63) is 99.9 Å². The Morgan fingerprint density at radius 1 is 0.853 bits per heavy atom. The second-order valence-electron chi connectivity index (χ2n) is 6.96. The molecule has 0 aliphatic rings. The maximum Gasteiger partial charge on any atom is 0.258 e.